The zero-order valence-electron chi connectivity index (χ0n) is 32.3. The lowest BCUT2D eigenvalue weighted by atomic mass is 10.0. The molecule has 11 nitrogen and oxygen atoms in total. The number of rotatable bonds is 38. The van der Waals surface area contributed by atoms with Crippen molar-refractivity contribution in [1.29, 1.82) is 0 Å². The molecule has 0 aliphatic heterocycles. The van der Waals surface area contributed by atoms with Crippen LogP contribution >= 0.6 is 7.82 Å². The first-order valence-corrected chi connectivity index (χ1v) is 21.8. The molecule has 302 valence electrons. The van der Waals surface area contributed by atoms with Crippen molar-refractivity contribution < 1.29 is 47.8 Å². The van der Waals surface area contributed by atoms with Crippen LogP contribution in [0, 0.1) is 0 Å². The predicted molar refractivity (Wildman–Crippen MR) is 204 cm³/mol. The number of unbranched alkanes of at least 4 members (excludes halogenated alkanes) is 19. The Morgan fingerprint density at radius 1 is 0.647 bits per heavy atom. The summed E-state index contributed by atoms with van der Waals surface area (Å²) in [7, 11) is -4.40. The standard InChI is InChI=1S/C39H76NO10P/c1-3-5-7-9-11-12-13-14-15-16-17-21-26-30-39(44)50-35(34-49-51(45,46)48-32-31-40)33-47-38(43)29-25-22-18-20-24-28-37(42)36(41)27-23-19-10-8-6-4-2/h19,23,35-37,41-42H,3-18,20-22,24-34,40H2,1-2H3,(H,45,46)/b23-19-/t35-,36-,37-/m1/s1. The van der Waals surface area contributed by atoms with Gasteiger partial charge in [-0.2, -0.15) is 0 Å². The second-order valence-electron chi connectivity index (χ2n) is 13.8. The highest BCUT2D eigenvalue weighted by atomic mass is 31.2. The molecular formula is C39H76NO10P. The van der Waals surface area contributed by atoms with Crippen molar-refractivity contribution in [3.05, 3.63) is 12.2 Å². The number of nitrogens with two attached hydrogens (primary N) is 1. The van der Waals surface area contributed by atoms with Gasteiger partial charge in [0, 0.05) is 19.4 Å². The second kappa shape index (κ2) is 35.7. The van der Waals surface area contributed by atoms with Crippen LogP contribution in [0.1, 0.15) is 181 Å². The summed E-state index contributed by atoms with van der Waals surface area (Å²) >= 11 is 0. The van der Waals surface area contributed by atoms with E-state index in [2.05, 4.69) is 19.9 Å². The third-order valence-electron chi connectivity index (χ3n) is 8.85. The summed E-state index contributed by atoms with van der Waals surface area (Å²) in [6.45, 7) is 3.50. The van der Waals surface area contributed by atoms with E-state index in [1.165, 1.54) is 70.6 Å². The molecule has 0 saturated heterocycles. The number of esters is 2. The molecule has 0 aromatic heterocycles. The minimum atomic E-state index is -4.40. The molecule has 0 aliphatic rings. The molecule has 0 amide bonds. The Morgan fingerprint density at radius 3 is 1.73 bits per heavy atom. The van der Waals surface area contributed by atoms with Crippen LogP contribution < -0.4 is 5.73 Å². The molecule has 0 fully saturated rings. The van der Waals surface area contributed by atoms with Crippen LogP contribution in [-0.4, -0.2) is 71.7 Å². The van der Waals surface area contributed by atoms with E-state index in [0.717, 1.165) is 57.8 Å². The third-order valence-corrected chi connectivity index (χ3v) is 9.84. The Morgan fingerprint density at radius 2 is 1.16 bits per heavy atom. The number of carbonyl (C=O) groups excluding carboxylic acids is 2. The van der Waals surface area contributed by atoms with Gasteiger partial charge in [-0.25, -0.2) is 4.57 Å². The highest BCUT2D eigenvalue weighted by molar-refractivity contribution is 7.47. The maximum Gasteiger partial charge on any atom is 0.472 e. The van der Waals surface area contributed by atoms with Crippen LogP contribution in [0.3, 0.4) is 0 Å². The molecule has 0 aliphatic carbocycles. The van der Waals surface area contributed by atoms with Crippen molar-refractivity contribution in [2.24, 2.45) is 5.73 Å². The minimum absolute atomic E-state index is 0.0330. The highest BCUT2D eigenvalue weighted by Crippen LogP contribution is 2.43. The van der Waals surface area contributed by atoms with E-state index in [0.29, 0.717) is 25.7 Å². The summed E-state index contributed by atoms with van der Waals surface area (Å²) in [4.78, 5) is 34.8. The van der Waals surface area contributed by atoms with Crippen LogP contribution in [0.15, 0.2) is 12.2 Å². The number of phosphoric ester groups is 1. The first-order chi connectivity index (χ1) is 24.6. The van der Waals surface area contributed by atoms with Gasteiger partial charge in [-0.1, -0.05) is 142 Å². The molecule has 4 atom stereocenters. The lowest BCUT2D eigenvalue weighted by Crippen LogP contribution is -2.29. The van der Waals surface area contributed by atoms with Crippen molar-refractivity contribution in [1.82, 2.24) is 0 Å². The molecule has 5 N–H and O–H groups in total. The first kappa shape index (κ1) is 49.7. The predicted octanol–water partition coefficient (Wildman–Crippen LogP) is 8.99. The monoisotopic (exact) mass is 750 g/mol. The van der Waals surface area contributed by atoms with Gasteiger partial charge in [-0.3, -0.25) is 18.6 Å². The van der Waals surface area contributed by atoms with Crippen molar-refractivity contribution >= 4 is 19.8 Å². The smallest absolute Gasteiger partial charge is 0.462 e. The minimum Gasteiger partial charge on any atom is -0.462 e. The SMILES string of the molecule is CCCCC/C=C\C[C@@H](O)[C@H](O)CCCCCCCC(=O)OC[C@H](COP(=O)(O)OCCN)OC(=O)CCCCCCCCCCCCCCC. The van der Waals surface area contributed by atoms with Crippen LogP contribution in [0.2, 0.25) is 0 Å². The Labute approximate surface area is 310 Å². The van der Waals surface area contributed by atoms with Gasteiger partial charge in [0.25, 0.3) is 0 Å². The molecule has 0 saturated carbocycles. The van der Waals surface area contributed by atoms with E-state index in [1.807, 2.05) is 6.08 Å². The van der Waals surface area contributed by atoms with E-state index in [-0.39, 0.29) is 32.6 Å². The number of allylic oxidation sites excluding steroid dienone is 1. The summed E-state index contributed by atoms with van der Waals surface area (Å²) in [5.41, 5.74) is 5.33. The topological polar surface area (TPSA) is 175 Å². The zero-order chi connectivity index (χ0) is 37.8. The van der Waals surface area contributed by atoms with Crippen LogP contribution in [0.5, 0.6) is 0 Å². The summed E-state index contributed by atoms with van der Waals surface area (Å²) in [6.07, 6.45) is 26.9. The average molecular weight is 750 g/mol. The fourth-order valence-corrected chi connectivity index (χ4v) is 6.42. The fourth-order valence-electron chi connectivity index (χ4n) is 5.66. The molecule has 0 bridgehead atoms. The number of carbonyl (C=O) groups is 2. The third kappa shape index (κ3) is 34.2. The van der Waals surface area contributed by atoms with Crippen molar-refractivity contribution in [2.75, 3.05) is 26.4 Å². The van der Waals surface area contributed by atoms with Gasteiger partial charge in [-0.05, 0) is 38.5 Å². The van der Waals surface area contributed by atoms with Gasteiger partial charge in [0.1, 0.15) is 6.61 Å². The van der Waals surface area contributed by atoms with Gasteiger partial charge < -0.3 is 30.3 Å². The molecule has 0 spiro atoms. The van der Waals surface area contributed by atoms with Crippen molar-refractivity contribution in [2.45, 2.75) is 199 Å². The Bertz CT molecular complexity index is 890. The fraction of sp³-hybridized carbons (Fsp3) is 0.897. The van der Waals surface area contributed by atoms with Gasteiger partial charge in [0.05, 0.1) is 25.4 Å². The molecule has 0 heterocycles. The Kier molecular flexibility index (Phi) is 34.8. The quantitative estimate of drug-likeness (QED) is 0.0205. The number of ether oxygens (including phenoxy) is 2. The van der Waals surface area contributed by atoms with Crippen molar-refractivity contribution in [3.63, 3.8) is 0 Å². The van der Waals surface area contributed by atoms with Gasteiger partial charge >= 0.3 is 19.8 Å². The second-order valence-corrected chi connectivity index (χ2v) is 15.3. The average Bonchev–Trinajstić information content (AvgIpc) is 3.11. The van der Waals surface area contributed by atoms with E-state index in [9.17, 15) is 29.3 Å². The molecule has 1 unspecified atom stereocenters. The molecular weight excluding hydrogens is 673 g/mol. The summed E-state index contributed by atoms with van der Waals surface area (Å²) in [5.74, 6) is -0.935. The maximum atomic E-state index is 12.5. The zero-order valence-corrected chi connectivity index (χ0v) is 33.2. The van der Waals surface area contributed by atoms with Crippen molar-refractivity contribution in [3.8, 4) is 0 Å². The normalized spacial score (nSPS) is 14.7. The molecule has 0 radical (unpaired) electrons. The number of hydrogen-bond donors (Lipinski definition) is 4. The van der Waals surface area contributed by atoms with E-state index in [4.69, 9.17) is 24.3 Å². The Balaban J connectivity index is 4.29. The number of hydrogen-bond acceptors (Lipinski definition) is 10. The molecule has 51 heavy (non-hydrogen) atoms. The van der Waals surface area contributed by atoms with E-state index >= 15 is 0 Å². The summed E-state index contributed by atoms with van der Waals surface area (Å²) < 4.78 is 32.6. The number of phosphoric acid groups is 1. The van der Waals surface area contributed by atoms with Gasteiger partial charge in [0.15, 0.2) is 6.10 Å². The first-order valence-electron chi connectivity index (χ1n) is 20.3. The highest BCUT2D eigenvalue weighted by Gasteiger charge is 2.26. The lowest BCUT2D eigenvalue weighted by Gasteiger charge is -2.20. The van der Waals surface area contributed by atoms with Crippen LogP contribution in [0.4, 0.5) is 0 Å². The number of aliphatic hydroxyl groups is 2. The maximum absolute atomic E-state index is 12.5. The summed E-state index contributed by atoms with van der Waals surface area (Å²) in [5, 5.41) is 20.4. The van der Waals surface area contributed by atoms with Gasteiger partial charge in [0.2, 0.25) is 0 Å². The summed E-state index contributed by atoms with van der Waals surface area (Å²) in [6, 6.07) is 0. The molecule has 0 aromatic rings. The number of aliphatic hydroxyl groups excluding tert-OH is 2. The van der Waals surface area contributed by atoms with Crippen LogP contribution in [0.25, 0.3) is 0 Å². The molecule has 0 rings (SSSR count). The van der Waals surface area contributed by atoms with Crippen LogP contribution in [-0.2, 0) is 32.7 Å². The molecule has 12 heteroatoms. The molecule has 0 aromatic carbocycles. The lowest BCUT2D eigenvalue weighted by molar-refractivity contribution is -0.161. The van der Waals surface area contributed by atoms with Gasteiger partial charge in [-0.15, -0.1) is 0 Å². The largest absolute Gasteiger partial charge is 0.472 e. The Hall–Kier alpha value is -1.33. The van der Waals surface area contributed by atoms with E-state index < -0.39 is 44.7 Å². The van der Waals surface area contributed by atoms with E-state index in [1.54, 1.807) is 0 Å².